The zero-order chi connectivity index (χ0) is 19.6. The molecule has 1 aliphatic heterocycles. The second-order valence-corrected chi connectivity index (χ2v) is 7.55. The van der Waals surface area contributed by atoms with Crippen molar-refractivity contribution in [1.29, 1.82) is 0 Å². The zero-order valence-corrected chi connectivity index (χ0v) is 20.0. The molecule has 0 bridgehead atoms. The van der Waals surface area contributed by atoms with Crippen molar-refractivity contribution in [2.24, 2.45) is 4.99 Å². The second kappa shape index (κ2) is 13.4. The molecule has 2 N–H and O–H groups in total. The van der Waals surface area contributed by atoms with E-state index in [-0.39, 0.29) is 30.1 Å². The molecular formula is C18H38IN5O3. The SMILES string of the molecule is CCNC(=NCC(C)N1CCOCC1)NCCN(C)C(=O)OC(C)(C)C.I. The first-order valence-electron chi connectivity index (χ1n) is 9.51. The van der Waals surface area contributed by atoms with E-state index in [9.17, 15) is 4.79 Å². The Morgan fingerprint density at radius 2 is 1.93 bits per heavy atom. The van der Waals surface area contributed by atoms with E-state index in [2.05, 4.69) is 27.4 Å². The van der Waals surface area contributed by atoms with Crippen LogP contribution in [0.3, 0.4) is 0 Å². The molecule has 8 nitrogen and oxygen atoms in total. The lowest BCUT2D eigenvalue weighted by atomic mass is 10.2. The number of morpholine rings is 1. The number of hydrogen-bond acceptors (Lipinski definition) is 5. The van der Waals surface area contributed by atoms with Gasteiger partial charge in [-0.25, -0.2) is 4.79 Å². The molecule has 27 heavy (non-hydrogen) atoms. The van der Waals surface area contributed by atoms with E-state index in [0.29, 0.717) is 19.1 Å². The number of guanidine groups is 1. The minimum absolute atomic E-state index is 0. The van der Waals surface area contributed by atoms with Gasteiger partial charge in [0.1, 0.15) is 5.60 Å². The highest BCUT2D eigenvalue weighted by atomic mass is 127. The molecule has 1 fully saturated rings. The maximum Gasteiger partial charge on any atom is 0.410 e. The van der Waals surface area contributed by atoms with Crippen LogP contribution >= 0.6 is 24.0 Å². The van der Waals surface area contributed by atoms with Crippen LogP contribution in [0.5, 0.6) is 0 Å². The molecule has 1 heterocycles. The largest absolute Gasteiger partial charge is 0.444 e. The van der Waals surface area contributed by atoms with Crippen molar-refractivity contribution in [3.8, 4) is 0 Å². The van der Waals surface area contributed by atoms with Crippen LogP contribution in [0.4, 0.5) is 4.79 Å². The minimum Gasteiger partial charge on any atom is -0.444 e. The summed E-state index contributed by atoms with van der Waals surface area (Å²) in [7, 11) is 1.74. The van der Waals surface area contributed by atoms with Gasteiger partial charge in [0.15, 0.2) is 5.96 Å². The third-order valence-electron chi connectivity index (χ3n) is 3.97. The van der Waals surface area contributed by atoms with E-state index in [4.69, 9.17) is 9.47 Å². The molecule has 0 aromatic heterocycles. The standard InChI is InChI=1S/C18H37N5O3.HI/c1-7-19-16(21-14-15(2)23-10-12-25-13-11-23)20-8-9-22(6)17(24)26-18(3,4)5;/h15H,7-14H2,1-6H3,(H2,19,20,21);1H. The van der Waals surface area contributed by atoms with Crippen LogP contribution in [0.1, 0.15) is 34.6 Å². The number of ether oxygens (including phenoxy) is 2. The number of carbonyl (C=O) groups excluding carboxylic acids is 1. The van der Waals surface area contributed by atoms with Gasteiger partial charge in [-0.1, -0.05) is 0 Å². The molecule has 0 aromatic rings. The number of carbonyl (C=O) groups is 1. The van der Waals surface area contributed by atoms with Crippen LogP contribution in [0, 0.1) is 0 Å². The number of nitrogens with one attached hydrogen (secondary N) is 2. The summed E-state index contributed by atoms with van der Waals surface area (Å²) < 4.78 is 10.7. The molecule has 1 amide bonds. The lowest BCUT2D eigenvalue weighted by molar-refractivity contribution is 0.0220. The number of aliphatic imine (C=N–C) groups is 1. The number of hydrogen-bond donors (Lipinski definition) is 2. The highest BCUT2D eigenvalue weighted by Crippen LogP contribution is 2.08. The van der Waals surface area contributed by atoms with Crippen LogP contribution in [-0.4, -0.2) is 93.0 Å². The Morgan fingerprint density at radius 3 is 2.48 bits per heavy atom. The highest BCUT2D eigenvalue weighted by Gasteiger charge is 2.19. The van der Waals surface area contributed by atoms with Gasteiger partial charge in [-0.05, 0) is 34.6 Å². The van der Waals surface area contributed by atoms with Crippen molar-refractivity contribution >= 4 is 36.0 Å². The maximum absolute atomic E-state index is 12.0. The average Bonchev–Trinajstić information content (AvgIpc) is 2.58. The molecule has 9 heteroatoms. The van der Waals surface area contributed by atoms with Crippen molar-refractivity contribution in [2.45, 2.75) is 46.3 Å². The Balaban J connectivity index is 0.00000676. The summed E-state index contributed by atoms with van der Waals surface area (Å²) >= 11 is 0. The van der Waals surface area contributed by atoms with Crippen LogP contribution in [-0.2, 0) is 9.47 Å². The maximum atomic E-state index is 12.0. The topological polar surface area (TPSA) is 78.4 Å². The van der Waals surface area contributed by atoms with Crippen LogP contribution < -0.4 is 10.6 Å². The monoisotopic (exact) mass is 499 g/mol. The zero-order valence-electron chi connectivity index (χ0n) is 17.7. The summed E-state index contributed by atoms with van der Waals surface area (Å²) in [6, 6.07) is 0.374. The molecular weight excluding hydrogens is 461 g/mol. The normalized spacial score (nSPS) is 16.9. The third-order valence-corrected chi connectivity index (χ3v) is 3.97. The fraction of sp³-hybridized carbons (Fsp3) is 0.889. The van der Waals surface area contributed by atoms with Crippen molar-refractivity contribution in [3.05, 3.63) is 0 Å². The predicted octanol–water partition coefficient (Wildman–Crippen LogP) is 1.75. The number of nitrogens with zero attached hydrogens (tertiary/aromatic N) is 3. The van der Waals surface area contributed by atoms with E-state index in [1.54, 1.807) is 11.9 Å². The van der Waals surface area contributed by atoms with Crippen LogP contribution in [0.25, 0.3) is 0 Å². The quantitative estimate of drug-likeness (QED) is 0.316. The van der Waals surface area contributed by atoms with Gasteiger partial charge in [-0.3, -0.25) is 9.89 Å². The van der Waals surface area contributed by atoms with Crippen LogP contribution in [0.2, 0.25) is 0 Å². The Labute approximate surface area is 181 Å². The Morgan fingerprint density at radius 1 is 1.30 bits per heavy atom. The molecule has 1 rings (SSSR count). The highest BCUT2D eigenvalue weighted by molar-refractivity contribution is 14.0. The molecule has 0 aromatic carbocycles. The van der Waals surface area contributed by atoms with Gasteiger partial charge in [-0.15, -0.1) is 24.0 Å². The average molecular weight is 499 g/mol. The van der Waals surface area contributed by atoms with E-state index in [1.165, 1.54) is 0 Å². The van der Waals surface area contributed by atoms with Crippen molar-refractivity contribution in [3.63, 3.8) is 0 Å². The van der Waals surface area contributed by atoms with E-state index in [1.807, 2.05) is 27.7 Å². The first-order valence-corrected chi connectivity index (χ1v) is 9.51. The summed E-state index contributed by atoms with van der Waals surface area (Å²) in [5, 5.41) is 6.52. The number of amides is 1. The molecule has 0 saturated carbocycles. The fourth-order valence-electron chi connectivity index (χ4n) is 2.47. The number of likely N-dealkylation sites (N-methyl/N-ethyl adjacent to an activating group) is 1. The molecule has 1 saturated heterocycles. The fourth-order valence-corrected chi connectivity index (χ4v) is 2.47. The summed E-state index contributed by atoms with van der Waals surface area (Å²) in [5.41, 5.74) is -0.481. The molecule has 1 aliphatic rings. The van der Waals surface area contributed by atoms with E-state index in [0.717, 1.165) is 45.4 Å². The summed E-state index contributed by atoms with van der Waals surface area (Å²) in [5.74, 6) is 0.769. The predicted molar refractivity (Wildman–Crippen MR) is 120 cm³/mol. The van der Waals surface area contributed by atoms with Crippen molar-refractivity contribution < 1.29 is 14.3 Å². The van der Waals surface area contributed by atoms with Crippen molar-refractivity contribution in [1.82, 2.24) is 20.4 Å². The Hall–Kier alpha value is -0.810. The molecule has 0 aliphatic carbocycles. The molecule has 1 atom stereocenters. The Bertz CT molecular complexity index is 451. The van der Waals surface area contributed by atoms with Crippen molar-refractivity contribution in [2.75, 3.05) is 59.5 Å². The van der Waals surface area contributed by atoms with Gasteiger partial charge >= 0.3 is 6.09 Å². The van der Waals surface area contributed by atoms with E-state index < -0.39 is 5.60 Å². The summed E-state index contributed by atoms with van der Waals surface area (Å²) in [4.78, 5) is 20.6. The van der Waals surface area contributed by atoms with Gasteiger partial charge in [0.2, 0.25) is 0 Å². The van der Waals surface area contributed by atoms with Gasteiger partial charge in [0.05, 0.1) is 19.8 Å². The lowest BCUT2D eigenvalue weighted by Gasteiger charge is -2.31. The summed E-state index contributed by atoms with van der Waals surface area (Å²) in [6.07, 6.45) is -0.317. The van der Waals surface area contributed by atoms with Gasteiger partial charge < -0.3 is 25.0 Å². The minimum atomic E-state index is -0.481. The Kier molecular flexibility index (Phi) is 13.0. The lowest BCUT2D eigenvalue weighted by Crippen LogP contribution is -2.45. The molecule has 160 valence electrons. The smallest absolute Gasteiger partial charge is 0.410 e. The van der Waals surface area contributed by atoms with Crippen LogP contribution in [0.15, 0.2) is 4.99 Å². The summed E-state index contributed by atoms with van der Waals surface area (Å²) in [6.45, 7) is 16.0. The van der Waals surface area contributed by atoms with E-state index >= 15 is 0 Å². The third kappa shape index (κ3) is 11.6. The van der Waals surface area contributed by atoms with Gasteiger partial charge in [0, 0.05) is 45.8 Å². The molecule has 0 radical (unpaired) electrons. The first kappa shape index (κ1) is 26.2. The van der Waals surface area contributed by atoms with Gasteiger partial charge in [0.25, 0.3) is 0 Å². The first-order chi connectivity index (χ1) is 12.2. The number of halogens is 1. The molecule has 0 spiro atoms. The second-order valence-electron chi connectivity index (χ2n) is 7.55. The number of rotatable bonds is 7. The van der Waals surface area contributed by atoms with Gasteiger partial charge in [-0.2, -0.15) is 0 Å². The molecule has 1 unspecified atom stereocenters.